The van der Waals surface area contributed by atoms with Crippen LogP contribution in [-0.2, 0) is 38.4 Å². The van der Waals surface area contributed by atoms with Gasteiger partial charge in [0.25, 0.3) is 0 Å². The summed E-state index contributed by atoms with van der Waals surface area (Å²) in [7, 11) is 8.66. The van der Waals surface area contributed by atoms with Gasteiger partial charge in [0.15, 0.2) is 0 Å². The number of hydrogen-bond donors (Lipinski definition) is 0. The first-order chi connectivity index (χ1) is 14.7. The molecule has 0 aliphatic rings. The molecule has 0 aromatic carbocycles. The first-order valence-electron chi connectivity index (χ1n) is 9.28. The monoisotopic (exact) mass is 498 g/mol. The minimum Gasteiger partial charge on any atom is -0.726 e. The minimum absolute atomic E-state index is 0.349. The van der Waals surface area contributed by atoms with E-state index in [2.05, 4.69) is 23.9 Å². The van der Waals surface area contributed by atoms with E-state index in [9.17, 15) is 22.6 Å². The molecule has 0 aliphatic heterocycles. The van der Waals surface area contributed by atoms with E-state index in [0.717, 1.165) is 35.2 Å². The van der Waals surface area contributed by atoms with Crippen LogP contribution >= 0.6 is 0 Å². The summed E-state index contributed by atoms with van der Waals surface area (Å²) in [6.45, 7) is 12.0. The third-order valence-corrected chi connectivity index (χ3v) is 3.13. The second-order valence-electron chi connectivity index (χ2n) is 7.87. The van der Waals surface area contributed by atoms with E-state index in [1.807, 2.05) is 42.3 Å². The number of rotatable bonds is 10. The largest absolute Gasteiger partial charge is 0.726 e. The lowest BCUT2D eigenvalue weighted by Crippen LogP contribution is -2.37. The molecule has 0 N–H and O–H groups in total. The third-order valence-electron chi connectivity index (χ3n) is 2.72. The molecule has 0 saturated carbocycles. The number of nitrogens with zero attached hydrogens (tertiary/aromatic N) is 2. The number of carbonyl (C=O) groups is 3. The first-order valence-corrected chi connectivity index (χ1v) is 10.6. The molecule has 0 heterocycles. The second-order valence-corrected chi connectivity index (χ2v) is 9.02. The average Bonchev–Trinajstić information content (AvgIpc) is 2.66. The van der Waals surface area contributed by atoms with Gasteiger partial charge in [-0.15, -0.1) is 0 Å². The van der Waals surface area contributed by atoms with E-state index in [1.165, 1.54) is 12.2 Å². The number of carboxylic acids is 1. The van der Waals surface area contributed by atoms with Crippen LogP contribution in [0.15, 0.2) is 38.0 Å². The van der Waals surface area contributed by atoms with Gasteiger partial charge in [-0.25, -0.2) is 18.0 Å². The molecule has 0 spiro atoms. The molecule has 0 fully saturated rings. The molecule has 0 atom stereocenters. The van der Waals surface area contributed by atoms with Crippen molar-refractivity contribution in [3.05, 3.63) is 38.0 Å². The molecule has 0 aromatic rings. The summed E-state index contributed by atoms with van der Waals surface area (Å²) in [5.41, 5.74) is 0. The Kier molecular flexibility index (Phi) is 22.9. The Morgan fingerprint density at radius 2 is 1.03 bits per heavy atom. The third kappa shape index (κ3) is 53.0. The molecule has 0 saturated heterocycles. The van der Waals surface area contributed by atoms with Gasteiger partial charge in [0, 0.05) is 12.2 Å². The summed E-state index contributed by atoms with van der Waals surface area (Å²) >= 11 is 0. The van der Waals surface area contributed by atoms with Crippen LogP contribution in [0, 0.1) is 0 Å². The van der Waals surface area contributed by atoms with Crippen LogP contribution in [0.4, 0.5) is 0 Å². The van der Waals surface area contributed by atoms with Crippen LogP contribution < -0.4 is 5.11 Å². The molecular weight excluding hydrogens is 460 g/mol. The lowest BCUT2D eigenvalue weighted by atomic mass is 10.5. The van der Waals surface area contributed by atoms with Gasteiger partial charge in [-0.3, -0.25) is 4.18 Å². The number of aliphatic carboxylic acids is 1. The summed E-state index contributed by atoms with van der Waals surface area (Å²) in [6, 6.07) is 0. The smallest absolute Gasteiger partial charge is 0.330 e. The molecule has 0 amide bonds. The second kappa shape index (κ2) is 20.1. The maximum atomic E-state index is 10.6. The highest BCUT2D eigenvalue weighted by Gasteiger charge is 2.07. The van der Waals surface area contributed by atoms with E-state index in [4.69, 9.17) is 19.4 Å². The van der Waals surface area contributed by atoms with Crippen LogP contribution in [0.1, 0.15) is 0 Å². The molecule has 0 aromatic heterocycles. The molecule has 0 rings (SSSR count). The zero-order valence-electron chi connectivity index (χ0n) is 20.6. The molecule has 0 bridgehead atoms. The van der Waals surface area contributed by atoms with Gasteiger partial charge in [-0.05, 0) is 6.08 Å². The number of likely N-dealkylation sites (N-methyl/N-ethyl adjacent to an activating group) is 2. The molecule has 13 heteroatoms. The maximum absolute atomic E-state index is 10.6. The number of hydrogen-bond acceptors (Lipinski definition) is 10. The molecule has 194 valence electrons. The lowest BCUT2D eigenvalue weighted by molar-refractivity contribution is -0.870. The van der Waals surface area contributed by atoms with Crippen molar-refractivity contribution in [1.29, 1.82) is 0 Å². The Balaban J connectivity index is -0.000000179. The number of ether oxygens (including phenoxy) is 2. The predicted octanol–water partition coefficient (Wildman–Crippen LogP) is -1.14. The Hall–Kier alpha value is -2.58. The normalized spacial score (nSPS) is 10.3. The fourth-order valence-corrected chi connectivity index (χ4v) is 0.958. The molecular formula is C20H38N2O10S. The van der Waals surface area contributed by atoms with E-state index in [0.29, 0.717) is 13.2 Å². The summed E-state index contributed by atoms with van der Waals surface area (Å²) in [4.78, 5) is 30.2. The van der Waals surface area contributed by atoms with E-state index >= 15 is 0 Å². The van der Waals surface area contributed by atoms with Gasteiger partial charge >= 0.3 is 11.9 Å². The number of quaternary nitrogens is 2. The maximum Gasteiger partial charge on any atom is 0.330 e. The van der Waals surface area contributed by atoms with Crippen LogP contribution in [0.5, 0.6) is 0 Å². The van der Waals surface area contributed by atoms with Crippen molar-refractivity contribution < 1.29 is 55.1 Å². The van der Waals surface area contributed by atoms with Gasteiger partial charge in [-0.1, -0.05) is 19.7 Å². The van der Waals surface area contributed by atoms with Gasteiger partial charge in [0.1, 0.15) is 26.3 Å². The van der Waals surface area contributed by atoms with Crippen molar-refractivity contribution in [2.45, 2.75) is 0 Å². The van der Waals surface area contributed by atoms with Gasteiger partial charge in [0.05, 0.1) is 55.4 Å². The fourth-order valence-electron chi connectivity index (χ4n) is 0.958. The first kappa shape index (κ1) is 37.7. The minimum atomic E-state index is -4.41. The molecule has 0 aliphatic carbocycles. The quantitative estimate of drug-likeness (QED) is 0.118. The highest BCUT2D eigenvalue weighted by atomic mass is 32.3. The summed E-state index contributed by atoms with van der Waals surface area (Å²) in [6.07, 6.45) is 3.07. The molecule has 0 radical (unpaired) electrons. The van der Waals surface area contributed by atoms with Crippen molar-refractivity contribution in [2.24, 2.45) is 0 Å². The molecule has 0 unspecified atom stereocenters. The van der Waals surface area contributed by atoms with E-state index in [1.54, 1.807) is 0 Å². The van der Waals surface area contributed by atoms with Crippen molar-refractivity contribution in [1.82, 2.24) is 0 Å². The number of carbonyl (C=O) groups excluding carboxylic acids is 3. The molecule has 33 heavy (non-hydrogen) atoms. The highest BCUT2D eigenvalue weighted by Crippen LogP contribution is 1.90. The van der Waals surface area contributed by atoms with Crippen molar-refractivity contribution in [3.63, 3.8) is 0 Å². The highest BCUT2D eigenvalue weighted by molar-refractivity contribution is 7.80. The lowest BCUT2D eigenvalue weighted by Gasteiger charge is -2.23. The van der Waals surface area contributed by atoms with Crippen molar-refractivity contribution >= 4 is 28.3 Å². The van der Waals surface area contributed by atoms with E-state index in [-0.39, 0.29) is 11.9 Å². The van der Waals surface area contributed by atoms with Crippen molar-refractivity contribution in [3.8, 4) is 0 Å². The van der Waals surface area contributed by atoms with E-state index < -0.39 is 16.4 Å². The SMILES string of the molecule is C=CC(=O)OCC[N+](C)(C)C.C=CC(=O)OCC[N+](C)(C)C.C=CC(=O)[O-].COS(=O)(=O)[O-]. The number of carboxylic acid groups (broad SMARTS) is 1. The average molecular weight is 499 g/mol. The Bertz CT molecular complexity index is 669. The van der Waals surface area contributed by atoms with Crippen LogP contribution in [-0.4, -0.2) is 116 Å². The van der Waals surface area contributed by atoms with Crippen LogP contribution in [0.3, 0.4) is 0 Å². The summed E-state index contributed by atoms with van der Waals surface area (Å²) < 4.78 is 42.2. The summed E-state index contributed by atoms with van der Waals surface area (Å²) in [5, 5.41) is 9.14. The fraction of sp³-hybridized carbons (Fsp3) is 0.550. The molecule has 12 nitrogen and oxygen atoms in total. The van der Waals surface area contributed by atoms with Gasteiger partial charge < -0.3 is 32.9 Å². The summed E-state index contributed by atoms with van der Waals surface area (Å²) in [5.74, 6) is -1.93. The van der Waals surface area contributed by atoms with Crippen molar-refractivity contribution in [2.75, 3.05) is 75.7 Å². The van der Waals surface area contributed by atoms with Crippen LogP contribution in [0.25, 0.3) is 0 Å². The Labute approximate surface area is 197 Å². The Morgan fingerprint density at radius 3 is 1.15 bits per heavy atom. The number of esters is 2. The van der Waals surface area contributed by atoms with Gasteiger partial charge in [-0.2, -0.15) is 0 Å². The van der Waals surface area contributed by atoms with Crippen LogP contribution in [0.2, 0.25) is 0 Å². The standard InChI is InChI=1S/2C8H16NO2.C3H4O2.CH4O4S/c2*1-5-8(10)11-7-6-9(2,3)4;1-2-3(4)5;1-5-6(2,3)4/h2*5H,1,6-7H2,2-4H3;2H,1H2,(H,4,5);1H3,(H,2,3,4)/q2*+1;;/p-2. The van der Waals surface area contributed by atoms with Gasteiger partial charge in [0.2, 0.25) is 10.4 Å². The zero-order valence-corrected chi connectivity index (χ0v) is 21.4. The topological polar surface area (TPSA) is 159 Å². The predicted molar refractivity (Wildman–Crippen MR) is 120 cm³/mol. The Morgan fingerprint density at radius 1 is 0.788 bits per heavy atom. The zero-order chi connectivity index (χ0) is 27.3.